The van der Waals surface area contributed by atoms with Crippen LogP contribution in [0.15, 0.2) is 24.3 Å². The van der Waals surface area contributed by atoms with Crippen molar-refractivity contribution in [1.82, 2.24) is 20.5 Å². The number of fused-ring (bicyclic) bond motifs is 4. The zero-order chi connectivity index (χ0) is 18.1. The highest BCUT2D eigenvalue weighted by Crippen LogP contribution is 2.43. The van der Waals surface area contributed by atoms with Crippen molar-refractivity contribution >= 4 is 22.7 Å². The number of para-hydroxylation sites is 1. The van der Waals surface area contributed by atoms with Crippen molar-refractivity contribution in [3.05, 3.63) is 35.5 Å². The first-order valence-corrected chi connectivity index (χ1v) is 9.51. The molecule has 4 heterocycles. The molecule has 0 aliphatic carbocycles. The maximum Gasteiger partial charge on any atom is 0.264 e. The molecule has 2 fully saturated rings. The zero-order valence-electron chi connectivity index (χ0n) is 15.1. The minimum Gasteiger partial charge on any atom is -0.356 e. The predicted molar refractivity (Wildman–Crippen MR) is 98.3 cm³/mol. The lowest BCUT2D eigenvalue weighted by molar-refractivity contribution is -0.161. The molecule has 6 nitrogen and oxygen atoms in total. The number of carbonyl (C=O) groups excluding carboxylic acids is 2. The fraction of sp³-hybridized carbons (Fsp3) is 0.500. The van der Waals surface area contributed by atoms with Crippen molar-refractivity contribution in [1.29, 1.82) is 0 Å². The summed E-state index contributed by atoms with van der Waals surface area (Å²) in [6.07, 6.45) is 2.12. The lowest BCUT2D eigenvalue weighted by atomic mass is 9.83. The van der Waals surface area contributed by atoms with E-state index in [1.54, 1.807) is 0 Å². The van der Waals surface area contributed by atoms with Gasteiger partial charge in [-0.2, -0.15) is 0 Å². The molecule has 6 heteroatoms. The monoisotopic (exact) mass is 352 g/mol. The number of H-pyrrole nitrogens is 1. The van der Waals surface area contributed by atoms with Gasteiger partial charge < -0.3 is 15.2 Å². The highest BCUT2D eigenvalue weighted by atomic mass is 16.2. The van der Waals surface area contributed by atoms with Gasteiger partial charge in [-0.25, -0.2) is 0 Å². The molecular formula is C20H24N4O2. The molecule has 1 aromatic carbocycles. The van der Waals surface area contributed by atoms with Crippen molar-refractivity contribution in [2.24, 2.45) is 5.92 Å². The third-order valence-electron chi connectivity index (χ3n) is 6.20. The third kappa shape index (κ3) is 1.96. The Kier molecular flexibility index (Phi) is 3.26. The van der Waals surface area contributed by atoms with E-state index in [4.69, 9.17) is 0 Å². The highest BCUT2D eigenvalue weighted by molar-refractivity contribution is 6.01. The van der Waals surface area contributed by atoms with Crippen molar-refractivity contribution in [2.75, 3.05) is 6.54 Å². The summed E-state index contributed by atoms with van der Waals surface area (Å²) in [6.45, 7) is 5.00. The molecule has 0 saturated carbocycles. The fourth-order valence-corrected chi connectivity index (χ4v) is 5.06. The Hall–Kier alpha value is -2.34. The number of hydrogen-bond acceptors (Lipinski definition) is 3. The van der Waals surface area contributed by atoms with Gasteiger partial charge in [0.05, 0.1) is 6.04 Å². The first-order valence-electron chi connectivity index (χ1n) is 9.51. The number of carbonyl (C=O) groups is 2. The molecule has 0 radical (unpaired) electrons. The summed E-state index contributed by atoms with van der Waals surface area (Å²) < 4.78 is 0. The van der Waals surface area contributed by atoms with Gasteiger partial charge in [-0.05, 0) is 36.9 Å². The number of aromatic amines is 1. The van der Waals surface area contributed by atoms with Crippen LogP contribution in [0.4, 0.5) is 0 Å². The SMILES string of the molecule is CC(C)C1c2[nH]c3ccccc3c2C[C@H]2C(=O)NC3(CCCN3)C(=O)N12. The van der Waals surface area contributed by atoms with E-state index in [0.29, 0.717) is 12.8 Å². The van der Waals surface area contributed by atoms with E-state index in [-0.39, 0.29) is 23.8 Å². The Morgan fingerprint density at radius 1 is 1.23 bits per heavy atom. The topological polar surface area (TPSA) is 77.2 Å². The molecule has 2 aromatic rings. The molecule has 3 atom stereocenters. The van der Waals surface area contributed by atoms with E-state index in [1.807, 2.05) is 17.0 Å². The van der Waals surface area contributed by atoms with E-state index in [9.17, 15) is 9.59 Å². The van der Waals surface area contributed by atoms with Crippen LogP contribution in [0.5, 0.6) is 0 Å². The summed E-state index contributed by atoms with van der Waals surface area (Å²) in [6, 6.07) is 7.64. The zero-order valence-corrected chi connectivity index (χ0v) is 15.1. The summed E-state index contributed by atoms with van der Waals surface area (Å²) in [5, 5.41) is 7.44. The minimum atomic E-state index is -0.912. The molecule has 2 amide bonds. The minimum absolute atomic E-state index is 0.0163. The van der Waals surface area contributed by atoms with Crippen LogP contribution in [-0.4, -0.2) is 39.9 Å². The Bertz CT molecular complexity index is 910. The lowest BCUT2D eigenvalue weighted by Gasteiger charge is -2.50. The average molecular weight is 352 g/mol. The molecule has 2 unspecified atom stereocenters. The van der Waals surface area contributed by atoms with Crippen LogP contribution in [0, 0.1) is 5.92 Å². The standard InChI is InChI=1S/C20H24N4O2/c1-11(2)17-16-13(12-6-3-4-7-14(12)22-16)10-15-18(25)23-20(8-5-9-21-20)19(26)24(15)17/h3-4,6-7,11,15,17,21-22H,5,8-10H2,1-2H3,(H,23,25)/t15-,17?,20?/m0/s1. The molecule has 1 aromatic heterocycles. The van der Waals surface area contributed by atoms with Crippen molar-refractivity contribution in [3.8, 4) is 0 Å². The van der Waals surface area contributed by atoms with Gasteiger partial charge in [0, 0.05) is 23.0 Å². The van der Waals surface area contributed by atoms with E-state index < -0.39 is 11.7 Å². The number of nitrogens with one attached hydrogen (secondary N) is 3. The number of benzene rings is 1. The normalized spacial score (nSPS) is 30.8. The molecule has 26 heavy (non-hydrogen) atoms. The number of amides is 2. The van der Waals surface area contributed by atoms with Crippen LogP contribution in [0.25, 0.3) is 10.9 Å². The van der Waals surface area contributed by atoms with Crippen LogP contribution in [0.1, 0.15) is 44.0 Å². The van der Waals surface area contributed by atoms with Crippen LogP contribution in [0.3, 0.4) is 0 Å². The van der Waals surface area contributed by atoms with Gasteiger partial charge in [-0.1, -0.05) is 32.0 Å². The second-order valence-electron chi connectivity index (χ2n) is 8.11. The quantitative estimate of drug-likeness (QED) is 0.733. The van der Waals surface area contributed by atoms with E-state index in [0.717, 1.165) is 29.6 Å². The molecule has 3 N–H and O–H groups in total. The molecule has 3 aliphatic rings. The lowest BCUT2D eigenvalue weighted by Crippen LogP contribution is -2.75. The molecular weight excluding hydrogens is 328 g/mol. The van der Waals surface area contributed by atoms with Crippen molar-refractivity contribution in [2.45, 2.75) is 50.9 Å². The van der Waals surface area contributed by atoms with Gasteiger partial charge in [0.1, 0.15) is 6.04 Å². The number of nitrogens with zero attached hydrogens (tertiary/aromatic N) is 1. The highest BCUT2D eigenvalue weighted by Gasteiger charge is 2.56. The molecule has 0 bridgehead atoms. The summed E-state index contributed by atoms with van der Waals surface area (Å²) in [5.41, 5.74) is 2.43. The Labute approximate surface area is 152 Å². The third-order valence-corrected chi connectivity index (χ3v) is 6.20. The van der Waals surface area contributed by atoms with Gasteiger partial charge in [0.2, 0.25) is 5.91 Å². The van der Waals surface area contributed by atoms with Gasteiger partial charge in [0.15, 0.2) is 5.66 Å². The second-order valence-corrected chi connectivity index (χ2v) is 8.11. The van der Waals surface area contributed by atoms with Crippen LogP contribution < -0.4 is 10.6 Å². The first kappa shape index (κ1) is 15.9. The van der Waals surface area contributed by atoms with E-state index in [2.05, 4.69) is 41.6 Å². The summed E-state index contributed by atoms with van der Waals surface area (Å²) in [5.74, 6) is 0.182. The molecule has 5 rings (SSSR count). The van der Waals surface area contributed by atoms with Gasteiger partial charge >= 0.3 is 0 Å². The summed E-state index contributed by atoms with van der Waals surface area (Å²) in [4.78, 5) is 31.9. The van der Waals surface area contributed by atoms with Gasteiger partial charge in [-0.3, -0.25) is 14.9 Å². The Balaban J connectivity index is 1.69. The van der Waals surface area contributed by atoms with Crippen molar-refractivity contribution in [3.63, 3.8) is 0 Å². The first-order chi connectivity index (χ1) is 12.5. The predicted octanol–water partition coefficient (Wildman–Crippen LogP) is 1.83. The summed E-state index contributed by atoms with van der Waals surface area (Å²) >= 11 is 0. The van der Waals surface area contributed by atoms with Crippen LogP contribution in [-0.2, 0) is 16.0 Å². The number of rotatable bonds is 1. The molecule has 3 aliphatic heterocycles. The smallest absolute Gasteiger partial charge is 0.264 e. The molecule has 2 saturated heterocycles. The van der Waals surface area contributed by atoms with Gasteiger partial charge in [0.25, 0.3) is 5.91 Å². The maximum absolute atomic E-state index is 13.5. The largest absolute Gasteiger partial charge is 0.356 e. The number of hydrogen-bond donors (Lipinski definition) is 3. The number of piperazine rings is 1. The number of aromatic nitrogens is 1. The van der Waals surface area contributed by atoms with Crippen LogP contribution in [0.2, 0.25) is 0 Å². The average Bonchev–Trinajstić information content (AvgIpc) is 3.23. The molecule has 136 valence electrons. The molecule has 1 spiro atoms. The van der Waals surface area contributed by atoms with Crippen LogP contribution >= 0.6 is 0 Å². The maximum atomic E-state index is 13.5. The Morgan fingerprint density at radius 2 is 2.04 bits per heavy atom. The van der Waals surface area contributed by atoms with Gasteiger partial charge in [-0.15, -0.1) is 0 Å². The fourth-order valence-electron chi connectivity index (χ4n) is 5.06. The van der Waals surface area contributed by atoms with Crippen molar-refractivity contribution < 1.29 is 9.59 Å². The van der Waals surface area contributed by atoms with E-state index >= 15 is 0 Å². The summed E-state index contributed by atoms with van der Waals surface area (Å²) in [7, 11) is 0. The Morgan fingerprint density at radius 3 is 2.77 bits per heavy atom. The second kappa shape index (κ2) is 5.33. The van der Waals surface area contributed by atoms with E-state index in [1.165, 1.54) is 5.56 Å².